The Morgan fingerprint density at radius 1 is 0.914 bits per heavy atom. The summed E-state index contributed by atoms with van der Waals surface area (Å²) in [6.07, 6.45) is 15.0. The van der Waals surface area contributed by atoms with E-state index in [1.165, 1.54) is 0 Å². The lowest BCUT2D eigenvalue weighted by atomic mass is 9.71. The molecule has 1 aliphatic carbocycles. The molecule has 20 unspecified atom stereocenters. The molecule has 392 valence electrons. The minimum Gasteiger partial charge on any atom is -0.462 e. The summed E-state index contributed by atoms with van der Waals surface area (Å²) in [6, 6.07) is 0. The Labute approximate surface area is 415 Å². The maximum atomic E-state index is 14.4. The van der Waals surface area contributed by atoms with Crippen molar-refractivity contribution >= 4 is 5.97 Å². The molecule has 8 rings (SSSR count). The molecule has 0 aromatic heterocycles. The molecule has 0 radical (unpaired) electrons. The molecule has 2 bridgehead atoms. The highest BCUT2D eigenvalue weighted by atomic mass is 16.7. The van der Waals surface area contributed by atoms with E-state index >= 15 is 0 Å². The zero-order chi connectivity index (χ0) is 49.9. The van der Waals surface area contributed by atoms with Gasteiger partial charge in [0.15, 0.2) is 24.7 Å². The molecule has 5 fully saturated rings. The fourth-order valence-corrected chi connectivity index (χ4v) is 11.9. The summed E-state index contributed by atoms with van der Waals surface area (Å²) in [4.78, 5) is 14.4. The Kier molecular flexibility index (Phi) is 17.9. The van der Waals surface area contributed by atoms with Crippen LogP contribution >= 0.6 is 0 Å². The van der Waals surface area contributed by atoms with Crippen LogP contribution in [-0.2, 0) is 61.6 Å². The normalized spacial score (nSPS) is 46.8. The molecular weight excluding hydrogens is 901 g/mol. The van der Waals surface area contributed by atoms with Crippen molar-refractivity contribution in [2.24, 2.45) is 23.7 Å². The maximum Gasteiger partial charge on any atom is 0.316 e. The lowest BCUT2D eigenvalue weighted by molar-refractivity contribution is -0.305. The number of methoxy groups -OCH3 is 2. The van der Waals surface area contributed by atoms with Gasteiger partial charge in [-0.3, -0.25) is 4.79 Å². The maximum absolute atomic E-state index is 14.4. The topological polar surface area (TPSA) is 168 Å². The number of carbonyl (C=O) groups is 1. The molecule has 20 atom stereocenters. The number of hydrogen-bond acceptors (Lipinski definition) is 15. The van der Waals surface area contributed by atoms with Gasteiger partial charge in [0.2, 0.25) is 0 Å². The zero-order valence-electron chi connectivity index (χ0n) is 43.2. The third kappa shape index (κ3) is 11.7. The Morgan fingerprint density at radius 2 is 1.71 bits per heavy atom. The molecule has 0 saturated carbocycles. The SMILES string of the molecule is CCC(C)C1OC2(C=CC1C)CC1CC(C/C=C(\C)C(OC3CC(OC)C(OC4CC(OC)/C(=C/COC5CCCCO5)C(C)O4)C(C)O3)C(C)/C=C/C=C3\COC4C(O)C(C)=CC(C(=O)O1)C34O)O2. The van der Waals surface area contributed by atoms with Crippen molar-refractivity contribution < 1.29 is 71.8 Å². The fourth-order valence-electron chi connectivity index (χ4n) is 11.9. The van der Waals surface area contributed by atoms with Crippen LogP contribution < -0.4 is 0 Å². The molecule has 15 heteroatoms. The fraction of sp³-hybridized carbons (Fsp3) is 0.764. The van der Waals surface area contributed by atoms with E-state index in [4.69, 9.17) is 56.8 Å². The van der Waals surface area contributed by atoms with E-state index in [0.29, 0.717) is 49.9 Å². The summed E-state index contributed by atoms with van der Waals surface area (Å²) >= 11 is 0. The van der Waals surface area contributed by atoms with Crippen LogP contribution in [0.5, 0.6) is 0 Å². The summed E-state index contributed by atoms with van der Waals surface area (Å²) in [5.74, 6) is -2.56. The number of aliphatic hydroxyl groups is 2. The lowest BCUT2D eigenvalue weighted by Gasteiger charge is -2.48. The quantitative estimate of drug-likeness (QED) is 0.154. The molecule has 7 aliphatic heterocycles. The van der Waals surface area contributed by atoms with Crippen molar-refractivity contribution in [3.8, 4) is 0 Å². The molecule has 0 aromatic carbocycles. The van der Waals surface area contributed by atoms with Gasteiger partial charge in [-0.05, 0) is 87.7 Å². The first-order valence-electron chi connectivity index (χ1n) is 26.2. The van der Waals surface area contributed by atoms with Gasteiger partial charge in [-0.25, -0.2) is 0 Å². The van der Waals surface area contributed by atoms with Gasteiger partial charge in [-0.2, -0.15) is 0 Å². The minimum atomic E-state index is -1.84. The highest BCUT2D eigenvalue weighted by molar-refractivity contribution is 5.78. The largest absolute Gasteiger partial charge is 0.462 e. The van der Waals surface area contributed by atoms with Gasteiger partial charge >= 0.3 is 5.97 Å². The van der Waals surface area contributed by atoms with Crippen LogP contribution in [0.2, 0.25) is 0 Å². The smallest absolute Gasteiger partial charge is 0.316 e. The Hall–Kier alpha value is -2.61. The number of fused-ring (bicyclic) bond motifs is 2. The van der Waals surface area contributed by atoms with Crippen LogP contribution in [-0.4, -0.2) is 148 Å². The van der Waals surface area contributed by atoms with Crippen LogP contribution in [0, 0.1) is 23.7 Å². The van der Waals surface area contributed by atoms with E-state index < -0.39 is 72.5 Å². The van der Waals surface area contributed by atoms with Gasteiger partial charge < -0.3 is 67.1 Å². The van der Waals surface area contributed by atoms with Crippen molar-refractivity contribution in [1.82, 2.24) is 0 Å². The standard InChI is InChI=1S/C55H82O15/c1-11-31(2)50-34(5)20-22-54(70-50)29-40-26-39(69-54)19-18-33(4)49(32(3)15-14-16-38-30-63-52-48(56)35(6)25-42(53(57)66-40)55(38,52)58)67-47-28-44(60-10)51(37(8)65-47)68-46-27-43(59-9)41(36(7)64-46)21-24-62-45-17-12-13-23-61-45/h14-16,18,20-22,25,31-32,34,36-37,39-40,42-52,56,58H,11-13,17,19,23-24,26-30H2,1-10H3/b15-14+,33-18+,38-16+,41-21+. The summed E-state index contributed by atoms with van der Waals surface area (Å²) in [7, 11) is 3.39. The molecule has 70 heavy (non-hydrogen) atoms. The van der Waals surface area contributed by atoms with Crippen molar-refractivity contribution in [2.45, 2.75) is 211 Å². The molecular formula is C55H82O15. The third-order valence-electron chi connectivity index (χ3n) is 16.2. The Morgan fingerprint density at radius 3 is 2.46 bits per heavy atom. The predicted molar refractivity (Wildman–Crippen MR) is 259 cm³/mol. The van der Waals surface area contributed by atoms with E-state index in [1.54, 1.807) is 33.3 Å². The van der Waals surface area contributed by atoms with Crippen molar-refractivity contribution in [3.05, 3.63) is 70.9 Å². The van der Waals surface area contributed by atoms with E-state index in [-0.39, 0.29) is 61.2 Å². The van der Waals surface area contributed by atoms with Gasteiger partial charge in [0.05, 0.1) is 55.9 Å². The molecule has 7 heterocycles. The molecule has 5 saturated heterocycles. The zero-order valence-corrected chi connectivity index (χ0v) is 43.2. The molecule has 8 aliphatic rings. The van der Waals surface area contributed by atoms with E-state index in [2.05, 4.69) is 46.8 Å². The Bertz CT molecular complexity index is 1970. The number of aliphatic hydroxyl groups excluding tert-OH is 1. The van der Waals surface area contributed by atoms with Crippen LogP contribution in [0.1, 0.15) is 113 Å². The first-order valence-corrected chi connectivity index (χ1v) is 26.2. The summed E-state index contributed by atoms with van der Waals surface area (Å²) in [6.45, 7) is 17.6. The second-order valence-corrected chi connectivity index (χ2v) is 21.2. The number of rotatable bonds is 11. The minimum absolute atomic E-state index is 0.0341. The van der Waals surface area contributed by atoms with E-state index in [1.807, 2.05) is 38.2 Å². The number of allylic oxidation sites excluding steroid dienone is 2. The first-order chi connectivity index (χ1) is 33.6. The second kappa shape index (κ2) is 23.3. The van der Waals surface area contributed by atoms with Gasteiger partial charge in [-0.1, -0.05) is 76.6 Å². The summed E-state index contributed by atoms with van der Waals surface area (Å²) in [5, 5.41) is 23.9. The lowest BCUT2D eigenvalue weighted by Crippen LogP contribution is -2.58. The average molecular weight is 983 g/mol. The highest BCUT2D eigenvalue weighted by Gasteiger charge is 2.60. The number of carbonyl (C=O) groups excluding carboxylic acids is 1. The number of ether oxygens (including phenoxy) is 12. The molecule has 15 nitrogen and oxygen atoms in total. The molecule has 2 N–H and O–H groups in total. The summed E-state index contributed by atoms with van der Waals surface area (Å²) in [5.41, 5.74) is 1.17. The average Bonchev–Trinajstić information content (AvgIpc) is 3.68. The van der Waals surface area contributed by atoms with Crippen LogP contribution in [0.4, 0.5) is 0 Å². The van der Waals surface area contributed by atoms with Gasteiger partial charge in [0, 0.05) is 58.3 Å². The first kappa shape index (κ1) is 53.7. The van der Waals surface area contributed by atoms with Gasteiger partial charge in [0.1, 0.15) is 35.9 Å². The number of hydrogen-bond donors (Lipinski definition) is 2. The van der Waals surface area contributed by atoms with Crippen molar-refractivity contribution in [2.75, 3.05) is 34.0 Å². The van der Waals surface area contributed by atoms with Crippen molar-refractivity contribution in [3.63, 3.8) is 0 Å². The summed E-state index contributed by atoms with van der Waals surface area (Å²) < 4.78 is 77.0. The highest BCUT2D eigenvalue weighted by Crippen LogP contribution is 2.47. The van der Waals surface area contributed by atoms with Gasteiger partial charge in [-0.15, -0.1) is 0 Å². The molecule has 0 amide bonds. The molecule has 1 spiro atoms. The van der Waals surface area contributed by atoms with Crippen molar-refractivity contribution in [1.29, 1.82) is 0 Å². The van der Waals surface area contributed by atoms with E-state index in [0.717, 1.165) is 43.4 Å². The second-order valence-electron chi connectivity index (χ2n) is 21.2. The third-order valence-corrected chi connectivity index (χ3v) is 16.2. The number of esters is 1. The van der Waals surface area contributed by atoms with E-state index in [9.17, 15) is 15.0 Å². The van der Waals surface area contributed by atoms with Crippen LogP contribution in [0.3, 0.4) is 0 Å². The van der Waals surface area contributed by atoms with Gasteiger partial charge in [0.25, 0.3) is 0 Å². The Balaban J connectivity index is 1.02. The monoisotopic (exact) mass is 983 g/mol. The predicted octanol–water partition coefficient (Wildman–Crippen LogP) is 7.49. The molecule has 0 aromatic rings. The van der Waals surface area contributed by atoms with Crippen LogP contribution in [0.25, 0.3) is 0 Å². The van der Waals surface area contributed by atoms with Crippen LogP contribution in [0.15, 0.2) is 70.9 Å².